The van der Waals surface area contributed by atoms with E-state index in [0.29, 0.717) is 6.54 Å². The Morgan fingerprint density at radius 3 is 2.42 bits per heavy atom. The number of carbonyl (C=O) groups excluding carboxylic acids is 1. The van der Waals surface area contributed by atoms with Gasteiger partial charge in [-0.15, -0.1) is 24.0 Å². The van der Waals surface area contributed by atoms with E-state index >= 15 is 0 Å². The number of rotatable bonds is 4. The van der Waals surface area contributed by atoms with Crippen LogP contribution in [0.15, 0.2) is 29.3 Å². The molecule has 1 fully saturated rings. The molecule has 2 rings (SSSR count). The summed E-state index contributed by atoms with van der Waals surface area (Å²) in [5.74, 6) is 0.889. The van der Waals surface area contributed by atoms with Crippen LogP contribution >= 0.6 is 24.0 Å². The second kappa shape index (κ2) is 9.99. The summed E-state index contributed by atoms with van der Waals surface area (Å²) in [6.07, 6.45) is 0. The molecular formula is C19H32IN5O. The highest BCUT2D eigenvalue weighted by atomic mass is 127. The predicted molar refractivity (Wildman–Crippen MR) is 120 cm³/mol. The minimum atomic E-state index is -0.478. The summed E-state index contributed by atoms with van der Waals surface area (Å²) in [7, 11) is 3.46. The van der Waals surface area contributed by atoms with Crippen molar-refractivity contribution >= 4 is 41.5 Å². The van der Waals surface area contributed by atoms with Gasteiger partial charge in [0.05, 0.1) is 5.41 Å². The molecule has 0 saturated carbocycles. The van der Waals surface area contributed by atoms with E-state index in [1.54, 1.807) is 14.1 Å². The average Bonchev–Trinajstić information content (AvgIpc) is 2.62. The molecule has 0 aromatic heterocycles. The molecule has 0 aliphatic carbocycles. The van der Waals surface area contributed by atoms with Crippen LogP contribution in [0.25, 0.3) is 0 Å². The van der Waals surface area contributed by atoms with E-state index in [1.807, 2.05) is 13.8 Å². The van der Waals surface area contributed by atoms with Crippen molar-refractivity contribution in [3.63, 3.8) is 0 Å². The minimum Gasteiger partial charge on any atom is -0.368 e. The van der Waals surface area contributed by atoms with Crippen molar-refractivity contribution in [3.8, 4) is 0 Å². The van der Waals surface area contributed by atoms with Crippen molar-refractivity contribution in [1.29, 1.82) is 0 Å². The van der Waals surface area contributed by atoms with Crippen LogP contribution in [-0.4, -0.2) is 63.6 Å². The summed E-state index contributed by atoms with van der Waals surface area (Å²) in [6, 6.07) is 8.63. The molecule has 2 N–H and O–H groups in total. The van der Waals surface area contributed by atoms with Crippen molar-refractivity contribution in [2.24, 2.45) is 10.4 Å². The van der Waals surface area contributed by atoms with Gasteiger partial charge in [-0.25, -0.2) is 0 Å². The Bertz CT molecular complexity index is 624. The highest BCUT2D eigenvalue weighted by molar-refractivity contribution is 14.0. The van der Waals surface area contributed by atoms with E-state index in [9.17, 15) is 4.79 Å². The van der Waals surface area contributed by atoms with Crippen molar-refractivity contribution < 1.29 is 4.79 Å². The highest BCUT2D eigenvalue weighted by Crippen LogP contribution is 2.18. The zero-order chi connectivity index (χ0) is 18.4. The number of piperazine rings is 1. The number of benzene rings is 1. The van der Waals surface area contributed by atoms with Gasteiger partial charge in [0, 0.05) is 52.5 Å². The molecule has 1 aliphatic heterocycles. The SMILES string of the molecule is CN=C(NCC(C)(C)C(=O)NC)N1CCN(c2cccc(C)c2)CC1.I. The number of amides is 1. The summed E-state index contributed by atoms with van der Waals surface area (Å²) in [5, 5.41) is 6.07. The third-order valence-corrected chi connectivity index (χ3v) is 4.69. The zero-order valence-electron chi connectivity index (χ0n) is 16.5. The molecule has 7 heteroatoms. The molecule has 146 valence electrons. The Morgan fingerprint density at radius 1 is 1.23 bits per heavy atom. The van der Waals surface area contributed by atoms with Gasteiger partial charge in [-0.05, 0) is 38.5 Å². The van der Waals surface area contributed by atoms with Gasteiger partial charge in [0.25, 0.3) is 0 Å². The van der Waals surface area contributed by atoms with Gasteiger partial charge in [-0.2, -0.15) is 0 Å². The fraction of sp³-hybridized carbons (Fsp3) is 0.579. The summed E-state index contributed by atoms with van der Waals surface area (Å²) in [6.45, 7) is 10.3. The van der Waals surface area contributed by atoms with Gasteiger partial charge >= 0.3 is 0 Å². The van der Waals surface area contributed by atoms with Crippen LogP contribution in [0, 0.1) is 12.3 Å². The lowest BCUT2D eigenvalue weighted by Crippen LogP contribution is -2.54. The Balaban J connectivity index is 0.00000338. The van der Waals surface area contributed by atoms with Gasteiger partial charge in [0.1, 0.15) is 0 Å². The van der Waals surface area contributed by atoms with Crippen LogP contribution in [0.1, 0.15) is 19.4 Å². The van der Waals surface area contributed by atoms with E-state index in [4.69, 9.17) is 0 Å². The molecule has 0 unspecified atom stereocenters. The molecule has 0 atom stereocenters. The fourth-order valence-corrected chi connectivity index (χ4v) is 3.05. The normalized spacial score (nSPS) is 15.3. The van der Waals surface area contributed by atoms with Crippen LogP contribution < -0.4 is 15.5 Å². The molecule has 1 aliphatic rings. The number of halogens is 1. The van der Waals surface area contributed by atoms with E-state index in [2.05, 4.69) is 56.6 Å². The summed E-state index contributed by atoms with van der Waals surface area (Å²) < 4.78 is 0. The number of aliphatic imine (C=N–C) groups is 1. The van der Waals surface area contributed by atoms with Gasteiger partial charge < -0.3 is 20.4 Å². The summed E-state index contributed by atoms with van der Waals surface area (Å²) in [5.41, 5.74) is 2.09. The topological polar surface area (TPSA) is 60.0 Å². The number of carbonyl (C=O) groups is 1. The lowest BCUT2D eigenvalue weighted by atomic mass is 9.92. The molecule has 1 aromatic carbocycles. The third-order valence-electron chi connectivity index (χ3n) is 4.69. The molecule has 1 saturated heterocycles. The van der Waals surface area contributed by atoms with Gasteiger partial charge in [0.2, 0.25) is 5.91 Å². The standard InChI is InChI=1S/C19H31N5O.HI/c1-15-7-6-8-16(13-15)23-9-11-24(12-10-23)18(21-5)22-14-19(2,3)17(25)20-4;/h6-8,13H,9-12,14H2,1-5H3,(H,20,25)(H,21,22);1H. The zero-order valence-corrected chi connectivity index (χ0v) is 18.8. The molecule has 6 nitrogen and oxygen atoms in total. The first kappa shape index (κ1) is 22.5. The van der Waals surface area contributed by atoms with Gasteiger partial charge in [-0.3, -0.25) is 9.79 Å². The largest absolute Gasteiger partial charge is 0.368 e. The van der Waals surface area contributed by atoms with Crippen molar-refractivity contribution in [3.05, 3.63) is 29.8 Å². The number of hydrogen-bond acceptors (Lipinski definition) is 3. The quantitative estimate of drug-likeness (QED) is 0.400. The van der Waals surface area contributed by atoms with Gasteiger partial charge in [0.15, 0.2) is 5.96 Å². The van der Waals surface area contributed by atoms with Crippen LogP contribution in [0.5, 0.6) is 0 Å². The monoisotopic (exact) mass is 473 g/mol. The number of nitrogens with one attached hydrogen (secondary N) is 2. The van der Waals surface area contributed by atoms with Crippen molar-refractivity contribution in [2.75, 3.05) is 51.7 Å². The molecule has 0 spiro atoms. The molecule has 1 amide bonds. The van der Waals surface area contributed by atoms with E-state index in [-0.39, 0.29) is 29.9 Å². The second-order valence-electron chi connectivity index (χ2n) is 7.18. The van der Waals surface area contributed by atoms with Crippen LogP contribution in [0.2, 0.25) is 0 Å². The van der Waals surface area contributed by atoms with E-state index < -0.39 is 5.41 Å². The van der Waals surface area contributed by atoms with Crippen LogP contribution in [0.3, 0.4) is 0 Å². The van der Waals surface area contributed by atoms with Crippen molar-refractivity contribution in [2.45, 2.75) is 20.8 Å². The Morgan fingerprint density at radius 2 is 1.88 bits per heavy atom. The number of aryl methyl sites for hydroxylation is 1. The minimum absolute atomic E-state index is 0. The first-order valence-electron chi connectivity index (χ1n) is 8.87. The fourth-order valence-electron chi connectivity index (χ4n) is 3.05. The smallest absolute Gasteiger partial charge is 0.227 e. The number of guanidine groups is 1. The summed E-state index contributed by atoms with van der Waals surface area (Å²) >= 11 is 0. The summed E-state index contributed by atoms with van der Waals surface area (Å²) in [4.78, 5) is 21.0. The molecule has 26 heavy (non-hydrogen) atoms. The van der Waals surface area contributed by atoms with Crippen LogP contribution in [0.4, 0.5) is 5.69 Å². The maximum absolute atomic E-state index is 11.9. The lowest BCUT2D eigenvalue weighted by Gasteiger charge is -2.38. The number of anilines is 1. The molecule has 0 bridgehead atoms. The Hall–Kier alpha value is -1.51. The first-order chi connectivity index (χ1) is 11.9. The van der Waals surface area contributed by atoms with E-state index in [0.717, 1.165) is 32.1 Å². The van der Waals surface area contributed by atoms with E-state index in [1.165, 1.54) is 11.3 Å². The maximum atomic E-state index is 11.9. The van der Waals surface area contributed by atoms with Crippen molar-refractivity contribution in [1.82, 2.24) is 15.5 Å². The van der Waals surface area contributed by atoms with Gasteiger partial charge in [-0.1, -0.05) is 12.1 Å². The van der Waals surface area contributed by atoms with Crippen LogP contribution in [-0.2, 0) is 4.79 Å². The average molecular weight is 473 g/mol. The Kier molecular flexibility index (Phi) is 8.66. The molecular weight excluding hydrogens is 441 g/mol. The third kappa shape index (κ3) is 5.75. The lowest BCUT2D eigenvalue weighted by molar-refractivity contribution is -0.128. The number of hydrogen-bond donors (Lipinski definition) is 2. The highest BCUT2D eigenvalue weighted by Gasteiger charge is 2.28. The molecule has 1 heterocycles. The predicted octanol–water partition coefficient (Wildman–Crippen LogP) is 2.08. The Labute approximate surface area is 174 Å². The molecule has 0 radical (unpaired) electrons. The first-order valence-corrected chi connectivity index (χ1v) is 8.87. The maximum Gasteiger partial charge on any atom is 0.227 e. The second-order valence-corrected chi connectivity index (χ2v) is 7.18. The molecule has 1 aromatic rings. The number of nitrogens with zero attached hydrogens (tertiary/aromatic N) is 3.